The van der Waals surface area contributed by atoms with Crippen LogP contribution in [0.2, 0.25) is 0 Å². The molecule has 0 amide bonds. The minimum Gasteiger partial charge on any atom is -0.455 e. The molecule has 5 aromatic carbocycles. The highest BCUT2D eigenvalue weighted by Crippen LogP contribution is 2.40. The van der Waals surface area contributed by atoms with Gasteiger partial charge in [0.2, 0.25) is 0 Å². The first-order chi connectivity index (χ1) is 21.8. The SMILES string of the molecule is c1ccc(-c2nc(-c3ccccn3)nc(-c3cccc4c3oc3cc5c6ccccc6n(-c6ccccc6)c5cc34)n2)cc1. The molecule has 6 nitrogen and oxygen atoms in total. The monoisotopic (exact) mass is 565 g/mol. The Morgan fingerprint density at radius 1 is 0.500 bits per heavy atom. The molecule has 4 aromatic heterocycles. The Kier molecular flexibility index (Phi) is 5.40. The van der Waals surface area contributed by atoms with Crippen LogP contribution in [-0.2, 0) is 0 Å². The average Bonchev–Trinajstić information content (AvgIpc) is 3.63. The number of hydrogen-bond acceptors (Lipinski definition) is 5. The van der Waals surface area contributed by atoms with Crippen LogP contribution in [0.3, 0.4) is 0 Å². The maximum atomic E-state index is 6.68. The van der Waals surface area contributed by atoms with E-state index >= 15 is 0 Å². The number of hydrogen-bond donors (Lipinski definition) is 0. The van der Waals surface area contributed by atoms with Gasteiger partial charge in [-0.05, 0) is 48.5 Å². The van der Waals surface area contributed by atoms with Crippen molar-refractivity contribution in [2.45, 2.75) is 0 Å². The fourth-order valence-electron chi connectivity index (χ4n) is 6.11. The van der Waals surface area contributed by atoms with Crippen molar-refractivity contribution < 1.29 is 4.42 Å². The highest BCUT2D eigenvalue weighted by molar-refractivity contribution is 6.18. The van der Waals surface area contributed by atoms with Gasteiger partial charge >= 0.3 is 0 Å². The van der Waals surface area contributed by atoms with Gasteiger partial charge in [-0.1, -0.05) is 84.9 Å². The van der Waals surface area contributed by atoms with E-state index in [1.54, 1.807) is 6.20 Å². The van der Waals surface area contributed by atoms with Crippen LogP contribution in [0.5, 0.6) is 0 Å². The van der Waals surface area contributed by atoms with Crippen LogP contribution in [0.4, 0.5) is 0 Å². The van der Waals surface area contributed by atoms with Crippen LogP contribution in [0.15, 0.2) is 144 Å². The van der Waals surface area contributed by atoms with Crippen LogP contribution >= 0.6 is 0 Å². The summed E-state index contributed by atoms with van der Waals surface area (Å²) in [5.41, 5.74) is 7.35. The number of furan rings is 1. The zero-order chi connectivity index (χ0) is 29.0. The summed E-state index contributed by atoms with van der Waals surface area (Å²) in [6.07, 6.45) is 1.75. The molecule has 9 aromatic rings. The summed E-state index contributed by atoms with van der Waals surface area (Å²) in [7, 11) is 0. The van der Waals surface area contributed by atoms with Gasteiger partial charge < -0.3 is 8.98 Å². The number of rotatable bonds is 4. The molecule has 0 aliphatic heterocycles. The molecule has 9 rings (SSSR count). The zero-order valence-electron chi connectivity index (χ0n) is 23.4. The largest absolute Gasteiger partial charge is 0.455 e. The topological polar surface area (TPSA) is 69.6 Å². The molecule has 6 heteroatoms. The Balaban J connectivity index is 1.31. The summed E-state index contributed by atoms with van der Waals surface area (Å²) >= 11 is 0. The fraction of sp³-hybridized carbons (Fsp3) is 0. The first-order valence-electron chi connectivity index (χ1n) is 14.5. The minimum absolute atomic E-state index is 0.511. The van der Waals surface area contributed by atoms with Crippen molar-refractivity contribution in [3.05, 3.63) is 140 Å². The second-order valence-corrected chi connectivity index (χ2v) is 10.7. The minimum atomic E-state index is 0.511. The van der Waals surface area contributed by atoms with Crippen LogP contribution in [0, 0.1) is 0 Å². The molecule has 0 fully saturated rings. The Morgan fingerprint density at radius 3 is 2.07 bits per heavy atom. The van der Waals surface area contributed by atoms with Gasteiger partial charge in [0.15, 0.2) is 17.5 Å². The van der Waals surface area contributed by atoms with Gasteiger partial charge in [0.1, 0.15) is 16.9 Å². The molecule has 0 saturated heterocycles. The summed E-state index contributed by atoms with van der Waals surface area (Å²) in [5.74, 6) is 1.63. The maximum Gasteiger partial charge on any atom is 0.182 e. The molecule has 0 saturated carbocycles. The first kappa shape index (κ1) is 24.5. The van der Waals surface area contributed by atoms with Crippen molar-refractivity contribution in [3.8, 4) is 40.0 Å². The van der Waals surface area contributed by atoms with Gasteiger partial charge in [-0.2, -0.15) is 0 Å². The van der Waals surface area contributed by atoms with Gasteiger partial charge in [-0.15, -0.1) is 0 Å². The molecule has 0 spiro atoms. The number of fused-ring (bicyclic) bond motifs is 6. The van der Waals surface area contributed by atoms with Crippen LogP contribution < -0.4 is 0 Å². The Morgan fingerprint density at radius 2 is 1.23 bits per heavy atom. The molecular weight excluding hydrogens is 542 g/mol. The normalized spacial score (nSPS) is 11.6. The number of aromatic nitrogens is 5. The van der Waals surface area contributed by atoms with E-state index in [1.165, 1.54) is 5.39 Å². The predicted octanol–water partition coefficient (Wildman–Crippen LogP) is 9.26. The second kappa shape index (κ2) is 9.71. The van der Waals surface area contributed by atoms with Crippen LogP contribution in [0.1, 0.15) is 0 Å². The van der Waals surface area contributed by atoms with Crippen molar-refractivity contribution in [3.63, 3.8) is 0 Å². The molecule has 0 aliphatic rings. The van der Waals surface area contributed by atoms with Crippen molar-refractivity contribution in [1.82, 2.24) is 24.5 Å². The quantitative estimate of drug-likeness (QED) is 0.213. The summed E-state index contributed by atoms with van der Waals surface area (Å²) in [4.78, 5) is 19.2. The van der Waals surface area contributed by atoms with E-state index in [2.05, 4.69) is 76.3 Å². The van der Waals surface area contributed by atoms with E-state index < -0.39 is 0 Å². The third-order valence-electron chi connectivity index (χ3n) is 8.11. The first-order valence-corrected chi connectivity index (χ1v) is 14.5. The Labute approximate surface area is 251 Å². The van der Waals surface area contributed by atoms with Crippen LogP contribution in [-0.4, -0.2) is 24.5 Å². The van der Waals surface area contributed by atoms with Gasteiger partial charge in [-0.25, -0.2) is 15.0 Å². The lowest BCUT2D eigenvalue weighted by Crippen LogP contribution is -2.01. The summed E-state index contributed by atoms with van der Waals surface area (Å²) in [6, 6.07) is 45.2. The van der Waals surface area contributed by atoms with Gasteiger partial charge in [0.05, 0.1) is 16.6 Å². The zero-order valence-corrected chi connectivity index (χ0v) is 23.4. The average molecular weight is 566 g/mol. The summed E-state index contributed by atoms with van der Waals surface area (Å²) < 4.78 is 9.00. The molecule has 0 aliphatic carbocycles. The number of benzene rings is 5. The van der Waals surface area contributed by atoms with Gasteiger partial charge in [-0.3, -0.25) is 4.98 Å². The number of nitrogens with zero attached hydrogens (tertiary/aromatic N) is 5. The van der Waals surface area contributed by atoms with Crippen molar-refractivity contribution in [1.29, 1.82) is 0 Å². The lowest BCUT2D eigenvalue weighted by atomic mass is 10.1. The van der Waals surface area contributed by atoms with Crippen molar-refractivity contribution in [2.75, 3.05) is 0 Å². The van der Waals surface area contributed by atoms with E-state index in [0.29, 0.717) is 23.2 Å². The summed E-state index contributed by atoms with van der Waals surface area (Å²) in [6.45, 7) is 0. The molecule has 206 valence electrons. The number of pyridine rings is 1. The molecule has 44 heavy (non-hydrogen) atoms. The molecule has 0 bridgehead atoms. The van der Waals surface area contributed by atoms with Gasteiger partial charge in [0.25, 0.3) is 0 Å². The lowest BCUT2D eigenvalue weighted by molar-refractivity contribution is 0.670. The molecule has 0 unspecified atom stereocenters. The Bertz CT molecular complexity index is 2430. The van der Waals surface area contributed by atoms with E-state index in [9.17, 15) is 0 Å². The highest BCUT2D eigenvalue weighted by atomic mass is 16.3. The third kappa shape index (κ3) is 3.82. The molecule has 0 N–H and O–H groups in total. The molecule has 0 atom stereocenters. The maximum absolute atomic E-state index is 6.68. The second-order valence-electron chi connectivity index (χ2n) is 10.7. The molecular formula is C38H23N5O. The van der Waals surface area contributed by atoms with E-state index in [-0.39, 0.29) is 0 Å². The number of para-hydroxylation sites is 3. The lowest BCUT2D eigenvalue weighted by Gasteiger charge is -2.08. The fourth-order valence-corrected chi connectivity index (χ4v) is 6.11. The van der Waals surface area contributed by atoms with E-state index in [1.807, 2.05) is 66.7 Å². The van der Waals surface area contributed by atoms with E-state index in [0.717, 1.165) is 55.2 Å². The molecule has 0 radical (unpaired) electrons. The standard InChI is InChI=1S/C38H23N5O/c1-3-12-24(13-4-1)36-40-37(42-38(41-36)31-19-9-10-21-39-31)28-18-11-17-27-30-22-33-29(23-34(30)44-35(27)28)26-16-7-8-20-32(26)43(33)25-14-5-2-6-15-25/h1-23H. The van der Waals surface area contributed by atoms with Crippen molar-refractivity contribution in [2.24, 2.45) is 0 Å². The van der Waals surface area contributed by atoms with Gasteiger partial charge in [0, 0.05) is 39.0 Å². The third-order valence-corrected chi connectivity index (χ3v) is 8.11. The Hall–Kier alpha value is -6.14. The predicted molar refractivity (Wildman–Crippen MR) is 176 cm³/mol. The molecule has 4 heterocycles. The van der Waals surface area contributed by atoms with Crippen molar-refractivity contribution >= 4 is 43.7 Å². The van der Waals surface area contributed by atoms with E-state index in [4.69, 9.17) is 19.4 Å². The summed E-state index contributed by atoms with van der Waals surface area (Å²) in [5, 5.41) is 4.36. The smallest absolute Gasteiger partial charge is 0.182 e. The highest BCUT2D eigenvalue weighted by Gasteiger charge is 2.20. The van der Waals surface area contributed by atoms with Crippen LogP contribution in [0.25, 0.3) is 83.7 Å².